The highest BCUT2D eigenvalue weighted by atomic mass is 16.7. The minimum Gasteiger partial charge on any atom is -0.387 e. The molecule has 156 valence electrons. The van der Waals surface area contributed by atoms with Crippen LogP contribution >= 0.6 is 0 Å². The third-order valence-corrected chi connectivity index (χ3v) is 4.82. The normalized spacial score (nSPS) is 17.6. The molecule has 0 saturated heterocycles. The van der Waals surface area contributed by atoms with Gasteiger partial charge in [-0.25, -0.2) is 5.48 Å². The topological polar surface area (TPSA) is 95.7 Å². The number of hydrogen-bond acceptors (Lipinski definition) is 6. The molecular formula is C23H26N4O3. The fourth-order valence-electron chi connectivity index (χ4n) is 3.22. The molecule has 1 atom stereocenters. The number of hydrogen-bond donors (Lipinski definition) is 2. The van der Waals surface area contributed by atoms with Crippen molar-refractivity contribution in [2.45, 2.75) is 45.3 Å². The summed E-state index contributed by atoms with van der Waals surface area (Å²) in [5.41, 5.74) is 5.74. The quantitative estimate of drug-likeness (QED) is 0.610. The van der Waals surface area contributed by atoms with Crippen LogP contribution in [-0.2, 0) is 16.3 Å². The number of carbonyl (C=O) groups excluding carboxylic acids is 1. The van der Waals surface area contributed by atoms with E-state index >= 15 is 0 Å². The molecule has 7 nitrogen and oxygen atoms in total. The predicted molar refractivity (Wildman–Crippen MR) is 115 cm³/mol. The van der Waals surface area contributed by atoms with Crippen LogP contribution in [0.2, 0.25) is 0 Å². The van der Waals surface area contributed by atoms with E-state index in [0.717, 1.165) is 30.5 Å². The summed E-state index contributed by atoms with van der Waals surface area (Å²) < 4.78 is 0. The van der Waals surface area contributed by atoms with Gasteiger partial charge in [-0.1, -0.05) is 42.8 Å². The number of nitriles is 1. The van der Waals surface area contributed by atoms with Gasteiger partial charge in [-0.3, -0.25) is 9.63 Å². The Labute approximate surface area is 176 Å². The maximum absolute atomic E-state index is 12.6. The Kier molecular flexibility index (Phi) is 7.04. The maximum Gasteiger partial charge on any atom is 0.276 e. The van der Waals surface area contributed by atoms with Gasteiger partial charge >= 0.3 is 0 Å². The molecule has 2 aromatic rings. The molecule has 2 N–H and O–H groups in total. The molecule has 0 saturated carbocycles. The van der Waals surface area contributed by atoms with E-state index in [1.807, 2.05) is 19.1 Å². The summed E-state index contributed by atoms with van der Waals surface area (Å²) in [5.74, 6) is -0.341. The number of anilines is 1. The fourth-order valence-corrected chi connectivity index (χ4v) is 3.22. The van der Waals surface area contributed by atoms with Crippen LogP contribution in [0.4, 0.5) is 5.69 Å². The number of hydroxylamine groups is 1. The van der Waals surface area contributed by atoms with Gasteiger partial charge in [0.2, 0.25) is 0 Å². The summed E-state index contributed by atoms with van der Waals surface area (Å²) >= 11 is 0. The summed E-state index contributed by atoms with van der Waals surface area (Å²) in [5, 5.41) is 16.3. The molecule has 0 aromatic heterocycles. The Balaban J connectivity index is 1.54. The second-order valence-electron chi connectivity index (χ2n) is 7.55. The molecule has 0 radical (unpaired) electrons. The van der Waals surface area contributed by atoms with Crippen LogP contribution in [-0.4, -0.2) is 23.8 Å². The van der Waals surface area contributed by atoms with Gasteiger partial charge in [0, 0.05) is 12.1 Å². The van der Waals surface area contributed by atoms with E-state index in [-0.39, 0.29) is 12.5 Å². The van der Waals surface area contributed by atoms with E-state index in [1.165, 1.54) is 0 Å². The summed E-state index contributed by atoms with van der Waals surface area (Å²) in [4.78, 5) is 23.6. The molecule has 2 aromatic carbocycles. The zero-order valence-electron chi connectivity index (χ0n) is 17.3. The Morgan fingerprint density at radius 3 is 2.77 bits per heavy atom. The summed E-state index contributed by atoms with van der Waals surface area (Å²) in [6.45, 7) is 4.86. The van der Waals surface area contributed by atoms with Crippen molar-refractivity contribution in [1.82, 2.24) is 5.48 Å². The van der Waals surface area contributed by atoms with Gasteiger partial charge in [0.05, 0.1) is 36.1 Å². The minimum absolute atomic E-state index is 0.205. The fraction of sp³-hybridized carbons (Fsp3) is 0.348. The molecule has 0 bridgehead atoms. The largest absolute Gasteiger partial charge is 0.387 e. The van der Waals surface area contributed by atoms with Gasteiger partial charge in [-0.05, 0) is 43.2 Å². The zero-order valence-corrected chi connectivity index (χ0v) is 17.3. The average Bonchev–Trinajstić information content (AvgIpc) is 3.14. The van der Waals surface area contributed by atoms with Crippen molar-refractivity contribution < 1.29 is 14.5 Å². The Bertz CT molecular complexity index is 950. The number of oxime groups is 1. The molecule has 30 heavy (non-hydrogen) atoms. The van der Waals surface area contributed by atoms with Crippen molar-refractivity contribution in [3.8, 4) is 6.07 Å². The van der Waals surface area contributed by atoms with Crippen LogP contribution in [0.5, 0.6) is 0 Å². The summed E-state index contributed by atoms with van der Waals surface area (Å²) in [6.07, 6.45) is 2.75. The number of para-hydroxylation sites is 1. The maximum atomic E-state index is 12.6. The molecule has 3 rings (SSSR count). The van der Waals surface area contributed by atoms with Crippen LogP contribution in [0.15, 0.2) is 53.7 Å². The van der Waals surface area contributed by atoms with Crippen LogP contribution in [0.25, 0.3) is 0 Å². The zero-order chi connectivity index (χ0) is 21.4. The first kappa shape index (κ1) is 21.3. The van der Waals surface area contributed by atoms with Crippen molar-refractivity contribution in [3.63, 3.8) is 0 Å². The second-order valence-corrected chi connectivity index (χ2v) is 7.55. The number of amides is 1. The van der Waals surface area contributed by atoms with Crippen LogP contribution in [0.3, 0.4) is 0 Å². The van der Waals surface area contributed by atoms with Gasteiger partial charge in [0.1, 0.15) is 0 Å². The first-order valence-corrected chi connectivity index (χ1v) is 10.0. The second kappa shape index (κ2) is 9.90. The number of carbonyl (C=O) groups is 1. The monoisotopic (exact) mass is 406 g/mol. The van der Waals surface area contributed by atoms with Crippen molar-refractivity contribution in [2.24, 2.45) is 5.16 Å². The van der Waals surface area contributed by atoms with E-state index in [4.69, 9.17) is 14.9 Å². The van der Waals surface area contributed by atoms with E-state index in [9.17, 15) is 4.79 Å². The van der Waals surface area contributed by atoms with Gasteiger partial charge in [0.15, 0.2) is 5.60 Å². The van der Waals surface area contributed by atoms with Crippen LogP contribution in [0.1, 0.15) is 54.6 Å². The Morgan fingerprint density at radius 1 is 1.27 bits per heavy atom. The minimum atomic E-state index is -0.430. The Morgan fingerprint density at radius 2 is 2.03 bits per heavy atom. The average molecular weight is 406 g/mol. The lowest BCUT2D eigenvalue weighted by Crippen LogP contribution is -2.34. The molecule has 0 spiro atoms. The molecule has 1 aliphatic rings. The van der Waals surface area contributed by atoms with E-state index in [1.54, 1.807) is 36.4 Å². The number of nitrogens with zero attached hydrogens (tertiary/aromatic N) is 2. The van der Waals surface area contributed by atoms with Gasteiger partial charge in [-0.2, -0.15) is 5.26 Å². The first-order valence-electron chi connectivity index (χ1n) is 10.0. The third kappa shape index (κ3) is 5.58. The highest BCUT2D eigenvalue weighted by molar-refractivity contribution is 5.99. The van der Waals surface area contributed by atoms with Crippen molar-refractivity contribution >= 4 is 17.3 Å². The molecule has 0 aliphatic carbocycles. The summed E-state index contributed by atoms with van der Waals surface area (Å²) in [7, 11) is 0. The van der Waals surface area contributed by atoms with Crippen LogP contribution in [0, 0.1) is 11.3 Å². The van der Waals surface area contributed by atoms with E-state index in [2.05, 4.69) is 28.9 Å². The third-order valence-electron chi connectivity index (χ3n) is 4.82. The lowest BCUT2D eigenvalue weighted by molar-refractivity contribution is 0.00744. The standard InChI is InChI=1S/C23H26N4O3/c1-3-6-19-13-23(2,30-26-19)16-25-21-8-5-4-7-20(21)22(28)27-29-15-18-11-9-17(14-24)10-12-18/h4-5,7-12,25H,3,6,13,15-16H2,1-2H3,(H,27,28). The highest BCUT2D eigenvalue weighted by Gasteiger charge is 2.33. The molecule has 1 amide bonds. The summed E-state index contributed by atoms with van der Waals surface area (Å²) in [6, 6.07) is 16.3. The molecule has 0 fully saturated rings. The van der Waals surface area contributed by atoms with E-state index < -0.39 is 5.60 Å². The number of nitrogens with one attached hydrogen (secondary N) is 2. The van der Waals surface area contributed by atoms with Gasteiger partial charge in [0.25, 0.3) is 5.91 Å². The smallest absolute Gasteiger partial charge is 0.276 e. The first-order chi connectivity index (χ1) is 14.5. The Hall–Kier alpha value is -3.37. The van der Waals surface area contributed by atoms with Crippen molar-refractivity contribution in [3.05, 3.63) is 65.2 Å². The van der Waals surface area contributed by atoms with Gasteiger partial charge in [-0.15, -0.1) is 0 Å². The number of benzene rings is 2. The predicted octanol–water partition coefficient (Wildman–Crippen LogP) is 4.17. The van der Waals surface area contributed by atoms with Crippen molar-refractivity contribution in [1.29, 1.82) is 5.26 Å². The lowest BCUT2D eigenvalue weighted by atomic mass is 9.97. The SMILES string of the molecule is CCCC1=NOC(C)(CNc2ccccc2C(=O)NOCc2ccc(C#N)cc2)C1. The van der Waals surface area contributed by atoms with Gasteiger partial charge < -0.3 is 10.2 Å². The molecule has 7 heteroatoms. The highest BCUT2D eigenvalue weighted by Crippen LogP contribution is 2.26. The van der Waals surface area contributed by atoms with E-state index in [0.29, 0.717) is 23.4 Å². The molecule has 1 unspecified atom stereocenters. The number of rotatable bonds is 9. The van der Waals surface area contributed by atoms with Crippen LogP contribution < -0.4 is 10.8 Å². The molecule has 1 aliphatic heterocycles. The van der Waals surface area contributed by atoms with Crippen molar-refractivity contribution in [2.75, 3.05) is 11.9 Å². The molecule has 1 heterocycles. The lowest BCUT2D eigenvalue weighted by Gasteiger charge is -2.23. The molecular weight excluding hydrogens is 380 g/mol.